The Labute approximate surface area is 123 Å². The average molecular weight is 281 g/mol. The summed E-state index contributed by atoms with van der Waals surface area (Å²) in [6, 6.07) is 0.467. The third-order valence-electron chi connectivity index (χ3n) is 5.29. The lowest BCUT2D eigenvalue weighted by Crippen LogP contribution is -2.51. The molecule has 1 unspecified atom stereocenters. The first-order chi connectivity index (χ1) is 9.68. The van der Waals surface area contributed by atoms with Gasteiger partial charge in [0.15, 0.2) is 0 Å². The van der Waals surface area contributed by atoms with Crippen LogP contribution in [0.15, 0.2) is 0 Å². The van der Waals surface area contributed by atoms with E-state index < -0.39 is 0 Å². The lowest BCUT2D eigenvalue weighted by atomic mass is 9.76. The Morgan fingerprint density at radius 2 is 1.90 bits per heavy atom. The minimum Gasteiger partial charge on any atom is -0.354 e. The number of nitrogens with one attached hydrogen (secondary N) is 2. The Balaban J connectivity index is 1.80. The highest BCUT2D eigenvalue weighted by atomic mass is 16.2. The molecular formula is C16H31N3O. The molecule has 2 rings (SSSR count). The van der Waals surface area contributed by atoms with Gasteiger partial charge in [0.2, 0.25) is 5.91 Å². The smallest absolute Gasteiger partial charge is 0.226 e. The quantitative estimate of drug-likeness (QED) is 0.807. The molecule has 2 saturated heterocycles. The summed E-state index contributed by atoms with van der Waals surface area (Å²) in [6.07, 6.45) is 6.90. The van der Waals surface area contributed by atoms with Crippen molar-refractivity contribution in [2.75, 3.05) is 32.7 Å². The van der Waals surface area contributed by atoms with Crippen LogP contribution < -0.4 is 10.6 Å². The largest absolute Gasteiger partial charge is 0.354 e. The summed E-state index contributed by atoms with van der Waals surface area (Å²) in [5, 5.41) is 6.59. The SMILES string of the molecule is CCC1(C(=O)NCC(C)N2CCCCC2)CCNCC1. The molecule has 0 aliphatic carbocycles. The molecule has 0 bridgehead atoms. The van der Waals surface area contributed by atoms with Crippen LogP contribution >= 0.6 is 0 Å². The maximum Gasteiger partial charge on any atom is 0.226 e. The molecule has 0 aromatic heterocycles. The number of hydrogen-bond donors (Lipinski definition) is 2. The van der Waals surface area contributed by atoms with Gasteiger partial charge < -0.3 is 10.6 Å². The van der Waals surface area contributed by atoms with E-state index in [0.717, 1.165) is 38.9 Å². The molecule has 1 atom stereocenters. The van der Waals surface area contributed by atoms with E-state index in [1.54, 1.807) is 0 Å². The Hall–Kier alpha value is -0.610. The normalized spacial score (nSPS) is 25.1. The molecule has 2 aliphatic heterocycles. The van der Waals surface area contributed by atoms with E-state index in [-0.39, 0.29) is 11.3 Å². The number of likely N-dealkylation sites (tertiary alicyclic amines) is 1. The maximum absolute atomic E-state index is 12.6. The fourth-order valence-electron chi connectivity index (χ4n) is 3.56. The number of rotatable bonds is 5. The van der Waals surface area contributed by atoms with Crippen LogP contribution in [0.25, 0.3) is 0 Å². The first-order valence-electron chi connectivity index (χ1n) is 8.41. The van der Waals surface area contributed by atoms with Crippen LogP contribution in [-0.4, -0.2) is 49.6 Å². The average Bonchev–Trinajstić information content (AvgIpc) is 2.53. The molecule has 2 aliphatic rings. The van der Waals surface area contributed by atoms with Gasteiger partial charge in [-0.1, -0.05) is 13.3 Å². The van der Waals surface area contributed by atoms with E-state index in [9.17, 15) is 4.79 Å². The van der Waals surface area contributed by atoms with Crippen LogP contribution in [0.2, 0.25) is 0 Å². The summed E-state index contributed by atoms with van der Waals surface area (Å²) in [5.74, 6) is 0.283. The summed E-state index contributed by atoms with van der Waals surface area (Å²) >= 11 is 0. The van der Waals surface area contributed by atoms with Gasteiger partial charge in [0, 0.05) is 12.6 Å². The zero-order valence-electron chi connectivity index (χ0n) is 13.2. The lowest BCUT2D eigenvalue weighted by Gasteiger charge is -2.37. The summed E-state index contributed by atoms with van der Waals surface area (Å²) in [5.41, 5.74) is -0.118. The molecule has 2 N–H and O–H groups in total. The topological polar surface area (TPSA) is 44.4 Å². The number of hydrogen-bond acceptors (Lipinski definition) is 3. The molecule has 2 heterocycles. The number of carbonyl (C=O) groups is 1. The van der Waals surface area contributed by atoms with Gasteiger partial charge in [-0.2, -0.15) is 0 Å². The Morgan fingerprint density at radius 3 is 2.50 bits per heavy atom. The minimum absolute atomic E-state index is 0.118. The van der Waals surface area contributed by atoms with Crippen molar-refractivity contribution in [3.8, 4) is 0 Å². The highest BCUT2D eigenvalue weighted by molar-refractivity contribution is 5.82. The van der Waals surface area contributed by atoms with Gasteiger partial charge in [-0.25, -0.2) is 0 Å². The van der Waals surface area contributed by atoms with Crippen molar-refractivity contribution < 1.29 is 4.79 Å². The van der Waals surface area contributed by atoms with Gasteiger partial charge in [-0.15, -0.1) is 0 Å². The fraction of sp³-hybridized carbons (Fsp3) is 0.938. The molecule has 0 aromatic rings. The summed E-state index contributed by atoms with van der Waals surface area (Å²) < 4.78 is 0. The van der Waals surface area contributed by atoms with Crippen molar-refractivity contribution in [3.63, 3.8) is 0 Å². The third kappa shape index (κ3) is 3.73. The van der Waals surface area contributed by atoms with E-state index in [1.165, 1.54) is 32.4 Å². The fourth-order valence-corrected chi connectivity index (χ4v) is 3.56. The molecule has 4 heteroatoms. The molecule has 4 nitrogen and oxygen atoms in total. The monoisotopic (exact) mass is 281 g/mol. The zero-order chi connectivity index (χ0) is 14.4. The Bertz CT molecular complexity index is 307. The van der Waals surface area contributed by atoms with Gasteiger partial charge >= 0.3 is 0 Å². The van der Waals surface area contributed by atoms with Gasteiger partial charge in [0.1, 0.15) is 0 Å². The van der Waals surface area contributed by atoms with E-state index in [2.05, 4.69) is 29.4 Å². The van der Waals surface area contributed by atoms with Crippen LogP contribution in [0.4, 0.5) is 0 Å². The van der Waals surface area contributed by atoms with Gasteiger partial charge in [0.05, 0.1) is 5.41 Å². The van der Waals surface area contributed by atoms with Crippen molar-refractivity contribution in [2.45, 2.75) is 58.4 Å². The minimum atomic E-state index is -0.118. The van der Waals surface area contributed by atoms with Crippen LogP contribution in [-0.2, 0) is 4.79 Å². The van der Waals surface area contributed by atoms with Crippen molar-refractivity contribution in [3.05, 3.63) is 0 Å². The zero-order valence-corrected chi connectivity index (χ0v) is 13.2. The van der Waals surface area contributed by atoms with Crippen LogP contribution in [0.3, 0.4) is 0 Å². The van der Waals surface area contributed by atoms with E-state index in [0.29, 0.717) is 6.04 Å². The molecule has 20 heavy (non-hydrogen) atoms. The van der Waals surface area contributed by atoms with E-state index in [1.807, 2.05) is 0 Å². The maximum atomic E-state index is 12.6. The third-order valence-corrected chi connectivity index (χ3v) is 5.29. The standard InChI is InChI=1S/C16H31N3O/c1-3-16(7-9-17-10-8-16)15(20)18-13-14(2)19-11-5-4-6-12-19/h14,17H,3-13H2,1-2H3,(H,18,20). The van der Waals surface area contributed by atoms with Gasteiger partial charge in [0.25, 0.3) is 0 Å². The summed E-state index contributed by atoms with van der Waals surface area (Å²) in [7, 11) is 0. The van der Waals surface area contributed by atoms with Crippen LogP contribution in [0.5, 0.6) is 0 Å². The number of piperidine rings is 2. The van der Waals surface area contributed by atoms with E-state index >= 15 is 0 Å². The van der Waals surface area contributed by atoms with Crippen molar-refractivity contribution in [2.24, 2.45) is 5.41 Å². The highest BCUT2D eigenvalue weighted by Gasteiger charge is 2.37. The van der Waals surface area contributed by atoms with Gasteiger partial charge in [-0.05, 0) is 65.2 Å². The second-order valence-corrected chi connectivity index (χ2v) is 6.54. The Morgan fingerprint density at radius 1 is 1.25 bits per heavy atom. The first-order valence-corrected chi connectivity index (χ1v) is 8.41. The molecule has 0 saturated carbocycles. The number of carbonyl (C=O) groups excluding carboxylic acids is 1. The molecule has 116 valence electrons. The first kappa shape index (κ1) is 15.8. The second-order valence-electron chi connectivity index (χ2n) is 6.54. The molecule has 0 radical (unpaired) electrons. The number of nitrogens with zero attached hydrogens (tertiary/aromatic N) is 1. The predicted octanol–water partition coefficient (Wildman–Crippen LogP) is 1.76. The van der Waals surface area contributed by atoms with E-state index in [4.69, 9.17) is 0 Å². The summed E-state index contributed by atoms with van der Waals surface area (Å²) in [6.45, 7) is 9.53. The molecule has 0 spiro atoms. The Kier molecular flexibility index (Phi) is 5.85. The second kappa shape index (κ2) is 7.41. The van der Waals surface area contributed by atoms with Crippen molar-refractivity contribution in [1.82, 2.24) is 15.5 Å². The highest BCUT2D eigenvalue weighted by Crippen LogP contribution is 2.32. The lowest BCUT2D eigenvalue weighted by molar-refractivity contribution is -0.133. The predicted molar refractivity (Wildman–Crippen MR) is 82.7 cm³/mol. The van der Waals surface area contributed by atoms with Crippen LogP contribution in [0, 0.1) is 5.41 Å². The van der Waals surface area contributed by atoms with Crippen molar-refractivity contribution >= 4 is 5.91 Å². The van der Waals surface area contributed by atoms with Gasteiger partial charge in [-0.3, -0.25) is 9.69 Å². The molecule has 0 aromatic carbocycles. The van der Waals surface area contributed by atoms with Crippen LogP contribution in [0.1, 0.15) is 52.4 Å². The van der Waals surface area contributed by atoms with Crippen molar-refractivity contribution in [1.29, 1.82) is 0 Å². The molecule has 2 fully saturated rings. The molecule has 1 amide bonds. The summed E-state index contributed by atoms with van der Waals surface area (Å²) in [4.78, 5) is 15.1. The number of amides is 1. The molecular weight excluding hydrogens is 250 g/mol.